The van der Waals surface area contributed by atoms with Gasteiger partial charge < -0.3 is 9.64 Å². The maximum absolute atomic E-state index is 12.9. The van der Waals surface area contributed by atoms with E-state index in [0.29, 0.717) is 38.3 Å². The molecule has 0 N–H and O–H groups in total. The highest BCUT2D eigenvalue weighted by Crippen LogP contribution is 2.32. The van der Waals surface area contributed by atoms with Gasteiger partial charge in [-0.05, 0) is 24.5 Å². The molecule has 0 saturated carbocycles. The fourth-order valence-electron chi connectivity index (χ4n) is 3.78. The fraction of sp³-hybridized carbons (Fsp3) is 0.611. The average Bonchev–Trinajstić information content (AvgIpc) is 2.54. The van der Waals surface area contributed by atoms with Crippen molar-refractivity contribution < 1.29 is 22.7 Å². The van der Waals surface area contributed by atoms with Crippen molar-refractivity contribution in [1.29, 1.82) is 0 Å². The first kappa shape index (κ1) is 18.2. The summed E-state index contributed by atoms with van der Waals surface area (Å²) in [6.45, 7) is 5.16. The van der Waals surface area contributed by atoms with Gasteiger partial charge in [-0.15, -0.1) is 0 Å². The number of amides is 1. The number of carbonyl (C=O) groups is 1. The maximum Gasteiger partial charge on any atom is 0.416 e. The first-order chi connectivity index (χ1) is 11.8. The van der Waals surface area contributed by atoms with E-state index in [1.165, 1.54) is 12.1 Å². The summed E-state index contributed by atoms with van der Waals surface area (Å²) < 4.78 is 44.7. The van der Waals surface area contributed by atoms with Gasteiger partial charge in [0.1, 0.15) is 0 Å². The number of ether oxygens (including phenoxy) is 1. The van der Waals surface area contributed by atoms with Crippen molar-refractivity contribution in [3.63, 3.8) is 0 Å². The summed E-state index contributed by atoms with van der Waals surface area (Å²) in [4.78, 5) is 15.6. The Labute approximate surface area is 145 Å². The number of nitrogens with zero attached hydrogens (tertiary/aromatic N) is 2. The highest BCUT2D eigenvalue weighted by atomic mass is 19.4. The molecule has 0 radical (unpaired) electrons. The molecule has 1 aromatic rings. The molecule has 25 heavy (non-hydrogen) atoms. The fourth-order valence-corrected chi connectivity index (χ4v) is 3.78. The average molecular weight is 356 g/mol. The van der Waals surface area contributed by atoms with E-state index in [1.54, 1.807) is 17.9 Å². The first-order valence-corrected chi connectivity index (χ1v) is 8.55. The van der Waals surface area contributed by atoms with Crippen LogP contribution in [0.2, 0.25) is 0 Å². The SMILES string of the molecule is CC(=O)N1CCC[C@]2(CN(Cc3cccc(C(F)(F)F)c3)CCO2)C1. The topological polar surface area (TPSA) is 32.8 Å². The molecule has 1 aromatic carbocycles. The third kappa shape index (κ3) is 4.33. The third-order valence-corrected chi connectivity index (χ3v) is 4.97. The summed E-state index contributed by atoms with van der Waals surface area (Å²) >= 11 is 0. The van der Waals surface area contributed by atoms with Gasteiger partial charge >= 0.3 is 6.18 Å². The Bertz CT molecular complexity index is 631. The van der Waals surface area contributed by atoms with E-state index < -0.39 is 17.3 Å². The van der Waals surface area contributed by atoms with Gasteiger partial charge in [-0.3, -0.25) is 9.69 Å². The molecule has 7 heteroatoms. The van der Waals surface area contributed by atoms with Crippen molar-refractivity contribution in [2.24, 2.45) is 0 Å². The van der Waals surface area contributed by atoms with Crippen molar-refractivity contribution in [1.82, 2.24) is 9.80 Å². The lowest BCUT2D eigenvalue weighted by Crippen LogP contribution is -2.60. The van der Waals surface area contributed by atoms with Gasteiger partial charge in [-0.1, -0.05) is 18.2 Å². The second-order valence-corrected chi connectivity index (χ2v) is 6.98. The van der Waals surface area contributed by atoms with Crippen LogP contribution in [0.3, 0.4) is 0 Å². The number of benzene rings is 1. The lowest BCUT2D eigenvalue weighted by Gasteiger charge is -2.48. The molecular weight excluding hydrogens is 333 g/mol. The number of carbonyl (C=O) groups excluding carboxylic acids is 1. The quantitative estimate of drug-likeness (QED) is 0.817. The van der Waals surface area contributed by atoms with E-state index in [2.05, 4.69) is 4.90 Å². The smallest absolute Gasteiger partial charge is 0.370 e. The van der Waals surface area contributed by atoms with Gasteiger partial charge in [0.05, 0.1) is 24.3 Å². The summed E-state index contributed by atoms with van der Waals surface area (Å²) in [5, 5.41) is 0. The van der Waals surface area contributed by atoms with Crippen LogP contribution >= 0.6 is 0 Å². The minimum atomic E-state index is -4.33. The molecule has 0 bridgehead atoms. The summed E-state index contributed by atoms with van der Waals surface area (Å²) in [6.07, 6.45) is -2.57. The zero-order valence-corrected chi connectivity index (χ0v) is 14.3. The zero-order chi connectivity index (χ0) is 18.1. The largest absolute Gasteiger partial charge is 0.416 e. The van der Waals surface area contributed by atoms with Crippen LogP contribution in [-0.2, 0) is 22.3 Å². The molecule has 1 atom stereocenters. The van der Waals surface area contributed by atoms with Gasteiger partial charge in [0.25, 0.3) is 0 Å². The number of alkyl halides is 3. The molecule has 2 fully saturated rings. The van der Waals surface area contributed by atoms with Gasteiger partial charge in [-0.2, -0.15) is 13.2 Å². The molecule has 1 spiro atoms. The van der Waals surface area contributed by atoms with E-state index in [1.807, 2.05) is 0 Å². The Morgan fingerprint density at radius 1 is 1.28 bits per heavy atom. The van der Waals surface area contributed by atoms with Crippen LogP contribution in [-0.4, -0.2) is 54.1 Å². The van der Waals surface area contributed by atoms with Gasteiger partial charge in [-0.25, -0.2) is 0 Å². The molecule has 138 valence electrons. The number of hydrogen-bond acceptors (Lipinski definition) is 3. The Kier molecular flexibility index (Phi) is 5.06. The molecule has 2 aliphatic heterocycles. The van der Waals surface area contributed by atoms with Crippen molar-refractivity contribution in [3.05, 3.63) is 35.4 Å². The Morgan fingerprint density at radius 3 is 2.80 bits per heavy atom. The van der Waals surface area contributed by atoms with Crippen molar-refractivity contribution in [2.45, 2.75) is 38.1 Å². The molecule has 2 aliphatic rings. The van der Waals surface area contributed by atoms with Crippen LogP contribution < -0.4 is 0 Å². The predicted molar refractivity (Wildman–Crippen MR) is 86.9 cm³/mol. The molecule has 2 heterocycles. The molecule has 4 nitrogen and oxygen atoms in total. The molecule has 2 saturated heterocycles. The summed E-state index contributed by atoms with van der Waals surface area (Å²) in [5.74, 6) is 0.0395. The monoisotopic (exact) mass is 356 g/mol. The van der Waals surface area contributed by atoms with Crippen LogP contribution in [0.25, 0.3) is 0 Å². The summed E-state index contributed by atoms with van der Waals surface area (Å²) in [7, 11) is 0. The Hall–Kier alpha value is -1.60. The molecule has 0 aromatic heterocycles. The Morgan fingerprint density at radius 2 is 2.08 bits per heavy atom. The van der Waals surface area contributed by atoms with Gasteiger partial charge in [0, 0.05) is 33.1 Å². The highest BCUT2D eigenvalue weighted by Gasteiger charge is 2.41. The number of hydrogen-bond donors (Lipinski definition) is 0. The summed E-state index contributed by atoms with van der Waals surface area (Å²) in [6, 6.07) is 5.48. The number of halogens is 3. The number of rotatable bonds is 2. The molecule has 0 aliphatic carbocycles. The standard InChI is InChI=1S/C18H23F3N2O2/c1-14(24)23-7-3-6-17(13-23)12-22(8-9-25-17)11-15-4-2-5-16(10-15)18(19,20)21/h2,4-5,10H,3,6-9,11-13H2,1H3/t17-/m0/s1. The molecular formula is C18H23F3N2O2. The molecule has 1 amide bonds. The van der Waals surface area contributed by atoms with Gasteiger partial charge in [0.15, 0.2) is 0 Å². The first-order valence-electron chi connectivity index (χ1n) is 8.55. The maximum atomic E-state index is 12.9. The van der Waals surface area contributed by atoms with E-state index in [9.17, 15) is 18.0 Å². The lowest BCUT2D eigenvalue weighted by molar-refractivity contribution is -0.156. The molecule has 0 unspecified atom stereocenters. The highest BCUT2D eigenvalue weighted by molar-refractivity contribution is 5.73. The second-order valence-electron chi connectivity index (χ2n) is 6.98. The number of likely N-dealkylation sites (tertiary alicyclic amines) is 1. The van der Waals surface area contributed by atoms with Crippen LogP contribution in [0.4, 0.5) is 13.2 Å². The number of morpholine rings is 1. The van der Waals surface area contributed by atoms with Crippen molar-refractivity contribution >= 4 is 5.91 Å². The van der Waals surface area contributed by atoms with Crippen LogP contribution in [0, 0.1) is 0 Å². The minimum Gasteiger partial charge on any atom is -0.370 e. The summed E-state index contributed by atoms with van der Waals surface area (Å²) in [5.41, 5.74) is -0.372. The second kappa shape index (κ2) is 6.96. The van der Waals surface area contributed by atoms with E-state index in [0.717, 1.165) is 25.5 Å². The van der Waals surface area contributed by atoms with Crippen LogP contribution in [0.15, 0.2) is 24.3 Å². The van der Waals surface area contributed by atoms with Gasteiger partial charge in [0.2, 0.25) is 5.91 Å². The third-order valence-electron chi connectivity index (χ3n) is 4.97. The van der Waals surface area contributed by atoms with Crippen molar-refractivity contribution in [3.8, 4) is 0 Å². The lowest BCUT2D eigenvalue weighted by atomic mass is 9.90. The molecule has 3 rings (SSSR count). The van der Waals surface area contributed by atoms with Crippen molar-refractivity contribution in [2.75, 3.05) is 32.8 Å². The van der Waals surface area contributed by atoms with E-state index >= 15 is 0 Å². The van der Waals surface area contributed by atoms with Crippen LogP contribution in [0.1, 0.15) is 30.9 Å². The normalized spacial score (nSPS) is 25.4. The minimum absolute atomic E-state index is 0.0395. The predicted octanol–water partition coefficient (Wildman–Crippen LogP) is 2.92. The zero-order valence-electron chi connectivity index (χ0n) is 14.3. The van der Waals surface area contributed by atoms with Crippen LogP contribution in [0.5, 0.6) is 0 Å². The Balaban J connectivity index is 1.69. The van der Waals surface area contributed by atoms with E-state index in [4.69, 9.17) is 4.74 Å². The van der Waals surface area contributed by atoms with E-state index in [-0.39, 0.29) is 5.91 Å². The number of piperidine rings is 1.